The van der Waals surface area contributed by atoms with Crippen LogP contribution in [0.4, 0.5) is 0 Å². The monoisotopic (exact) mass is 278 g/mol. The molecule has 4 nitrogen and oxygen atoms in total. The molecule has 21 heavy (non-hydrogen) atoms. The zero-order valence-corrected chi connectivity index (χ0v) is 11.5. The van der Waals surface area contributed by atoms with Crippen LogP contribution in [0.3, 0.4) is 0 Å². The summed E-state index contributed by atoms with van der Waals surface area (Å²) in [5.74, 6) is 1.10. The van der Waals surface area contributed by atoms with Gasteiger partial charge in [0.2, 0.25) is 0 Å². The molecule has 2 aromatic carbocycles. The van der Waals surface area contributed by atoms with Crippen molar-refractivity contribution in [2.24, 2.45) is 0 Å². The second-order valence-electron chi connectivity index (χ2n) is 4.54. The number of benzene rings is 2. The van der Waals surface area contributed by atoms with E-state index in [4.69, 9.17) is 4.74 Å². The molecule has 0 fully saturated rings. The molecule has 3 aromatic rings. The summed E-state index contributed by atoms with van der Waals surface area (Å²) in [7, 11) is 1.55. The van der Waals surface area contributed by atoms with Crippen LogP contribution >= 0.6 is 0 Å². The summed E-state index contributed by atoms with van der Waals surface area (Å²) >= 11 is 0. The van der Waals surface area contributed by atoms with Crippen LogP contribution in [0.1, 0.15) is 16.2 Å². The molecule has 0 radical (unpaired) electrons. The molecule has 0 aliphatic heterocycles. The van der Waals surface area contributed by atoms with Gasteiger partial charge >= 0.3 is 0 Å². The molecular formula is C17H14N2O2. The molecule has 1 aromatic heterocycles. The number of aromatic amines is 1. The summed E-state index contributed by atoms with van der Waals surface area (Å²) < 4.78 is 5.19. The molecule has 0 spiro atoms. The minimum Gasteiger partial charge on any atom is -0.496 e. The number of ether oxygens (including phenoxy) is 1. The summed E-state index contributed by atoms with van der Waals surface area (Å²) in [5.41, 5.74) is 2.36. The van der Waals surface area contributed by atoms with Crippen LogP contribution in [0, 0.1) is 0 Å². The summed E-state index contributed by atoms with van der Waals surface area (Å²) in [6.45, 7) is 0. The topological polar surface area (TPSA) is 55.0 Å². The molecule has 4 heteroatoms. The lowest BCUT2D eigenvalue weighted by molar-refractivity contribution is 0.104. The molecule has 1 N–H and O–H groups in total. The molecule has 0 atom stereocenters. The van der Waals surface area contributed by atoms with Gasteiger partial charge < -0.3 is 9.72 Å². The number of allylic oxidation sites excluding steroid dienone is 1. The SMILES string of the molecule is COc1ccccc1C(=O)C=Cc1nc2ccccc2[nH]1. The number of H-pyrrole nitrogens is 1. The summed E-state index contributed by atoms with van der Waals surface area (Å²) in [4.78, 5) is 19.7. The first-order valence-electron chi connectivity index (χ1n) is 6.58. The highest BCUT2D eigenvalue weighted by Crippen LogP contribution is 2.18. The van der Waals surface area contributed by atoms with Gasteiger partial charge in [-0.25, -0.2) is 4.98 Å². The Labute approximate surface area is 122 Å². The van der Waals surface area contributed by atoms with E-state index in [1.54, 1.807) is 25.3 Å². The van der Waals surface area contributed by atoms with Crippen molar-refractivity contribution >= 4 is 22.9 Å². The van der Waals surface area contributed by atoms with E-state index in [2.05, 4.69) is 9.97 Å². The van der Waals surface area contributed by atoms with Crippen molar-refractivity contribution in [3.63, 3.8) is 0 Å². The van der Waals surface area contributed by atoms with Crippen LogP contribution in [-0.4, -0.2) is 22.9 Å². The molecule has 104 valence electrons. The number of ketones is 1. The van der Waals surface area contributed by atoms with Gasteiger partial charge in [-0.05, 0) is 36.4 Å². The second-order valence-corrected chi connectivity index (χ2v) is 4.54. The lowest BCUT2D eigenvalue weighted by Crippen LogP contribution is -1.98. The zero-order valence-electron chi connectivity index (χ0n) is 11.5. The van der Waals surface area contributed by atoms with E-state index in [0.29, 0.717) is 17.1 Å². The first-order chi connectivity index (χ1) is 10.3. The summed E-state index contributed by atoms with van der Waals surface area (Å²) in [5, 5.41) is 0. The number of para-hydroxylation sites is 3. The number of hydrogen-bond acceptors (Lipinski definition) is 3. The van der Waals surface area contributed by atoms with Gasteiger partial charge in [-0.15, -0.1) is 0 Å². The maximum atomic E-state index is 12.2. The van der Waals surface area contributed by atoms with Gasteiger partial charge in [-0.1, -0.05) is 24.3 Å². The predicted molar refractivity (Wildman–Crippen MR) is 82.5 cm³/mol. The van der Waals surface area contributed by atoms with Gasteiger partial charge in [0.25, 0.3) is 0 Å². The Morgan fingerprint density at radius 3 is 2.71 bits per heavy atom. The first kappa shape index (κ1) is 13.1. The molecule has 0 aliphatic rings. The number of hydrogen-bond donors (Lipinski definition) is 1. The Hall–Kier alpha value is -2.88. The number of imidazole rings is 1. The number of fused-ring (bicyclic) bond motifs is 1. The van der Waals surface area contributed by atoms with Gasteiger partial charge in [-0.2, -0.15) is 0 Å². The van der Waals surface area contributed by atoms with Crippen molar-refractivity contribution in [2.75, 3.05) is 7.11 Å². The minimum atomic E-state index is -0.118. The zero-order chi connectivity index (χ0) is 14.7. The van der Waals surface area contributed by atoms with Crippen LogP contribution in [-0.2, 0) is 0 Å². The number of methoxy groups -OCH3 is 1. The van der Waals surface area contributed by atoms with Crippen molar-refractivity contribution in [1.29, 1.82) is 0 Å². The van der Waals surface area contributed by atoms with Crippen molar-refractivity contribution in [3.8, 4) is 5.75 Å². The fourth-order valence-corrected chi connectivity index (χ4v) is 2.14. The second kappa shape index (κ2) is 5.63. The Bertz CT molecular complexity index is 785. The number of carbonyl (C=O) groups excluding carboxylic acids is 1. The molecule has 1 heterocycles. The number of carbonyl (C=O) groups is 1. The molecule has 0 saturated carbocycles. The quantitative estimate of drug-likeness (QED) is 0.587. The smallest absolute Gasteiger partial charge is 0.189 e. The number of rotatable bonds is 4. The molecule has 3 rings (SSSR count). The van der Waals surface area contributed by atoms with E-state index in [1.807, 2.05) is 36.4 Å². The van der Waals surface area contributed by atoms with E-state index < -0.39 is 0 Å². The van der Waals surface area contributed by atoms with Crippen molar-refractivity contribution in [2.45, 2.75) is 0 Å². The van der Waals surface area contributed by atoms with Gasteiger partial charge in [0, 0.05) is 0 Å². The van der Waals surface area contributed by atoms with Crippen LogP contribution in [0.15, 0.2) is 54.6 Å². The van der Waals surface area contributed by atoms with Gasteiger partial charge in [0.15, 0.2) is 5.78 Å². The third kappa shape index (κ3) is 2.69. The highest BCUT2D eigenvalue weighted by molar-refractivity contribution is 6.08. The maximum Gasteiger partial charge on any atom is 0.189 e. The van der Waals surface area contributed by atoms with E-state index >= 15 is 0 Å². The predicted octanol–water partition coefficient (Wildman–Crippen LogP) is 3.47. The molecular weight excluding hydrogens is 264 g/mol. The van der Waals surface area contributed by atoms with E-state index in [-0.39, 0.29) is 5.78 Å². The Kier molecular flexibility index (Phi) is 3.51. The van der Waals surface area contributed by atoms with Gasteiger partial charge in [-0.3, -0.25) is 4.79 Å². The fraction of sp³-hybridized carbons (Fsp3) is 0.0588. The van der Waals surface area contributed by atoms with Gasteiger partial charge in [0.1, 0.15) is 11.6 Å². The molecule has 0 amide bonds. The lowest BCUT2D eigenvalue weighted by Gasteiger charge is -2.03. The number of nitrogens with one attached hydrogen (secondary N) is 1. The van der Waals surface area contributed by atoms with Crippen molar-refractivity contribution in [1.82, 2.24) is 9.97 Å². The van der Waals surface area contributed by atoms with E-state index in [0.717, 1.165) is 11.0 Å². The molecule has 0 aliphatic carbocycles. The Morgan fingerprint density at radius 2 is 1.90 bits per heavy atom. The summed E-state index contributed by atoms with van der Waals surface area (Å²) in [6, 6.07) is 14.9. The van der Waals surface area contributed by atoms with E-state index in [1.165, 1.54) is 6.08 Å². The van der Waals surface area contributed by atoms with Crippen LogP contribution in [0.25, 0.3) is 17.1 Å². The van der Waals surface area contributed by atoms with Crippen molar-refractivity contribution < 1.29 is 9.53 Å². The standard InChI is InChI=1S/C17H14N2O2/c1-21-16-9-5-2-6-12(16)15(20)10-11-17-18-13-7-3-4-8-14(13)19-17/h2-11H,1H3,(H,18,19). The molecule has 0 unspecified atom stereocenters. The minimum absolute atomic E-state index is 0.118. The average molecular weight is 278 g/mol. The highest BCUT2D eigenvalue weighted by Gasteiger charge is 2.08. The number of aromatic nitrogens is 2. The maximum absolute atomic E-state index is 12.2. The average Bonchev–Trinajstić information content (AvgIpc) is 2.95. The third-order valence-corrected chi connectivity index (χ3v) is 3.17. The largest absolute Gasteiger partial charge is 0.496 e. The normalized spacial score (nSPS) is 11.1. The van der Waals surface area contributed by atoms with Crippen LogP contribution < -0.4 is 4.74 Å². The van der Waals surface area contributed by atoms with Gasteiger partial charge in [0.05, 0.1) is 23.7 Å². The summed E-state index contributed by atoms with van der Waals surface area (Å²) in [6.07, 6.45) is 3.17. The number of nitrogens with zero attached hydrogens (tertiary/aromatic N) is 1. The molecule has 0 bridgehead atoms. The lowest BCUT2D eigenvalue weighted by atomic mass is 10.1. The van der Waals surface area contributed by atoms with E-state index in [9.17, 15) is 4.79 Å². The fourth-order valence-electron chi connectivity index (χ4n) is 2.14. The first-order valence-corrected chi connectivity index (χ1v) is 6.58. The van der Waals surface area contributed by atoms with Crippen LogP contribution in [0.5, 0.6) is 5.75 Å². The Morgan fingerprint density at radius 1 is 1.14 bits per heavy atom. The highest BCUT2D eigenvalue weighted by atomic mass is 16.5. The third-order valence-electron chi connectivity index (χ3n) is 3.17. The molecule has 0 saturated heterocycles. The van der Waals surface area contributed by atoms with Crippen LogP contribution in [0.2, 0.25) is 0 Å². The van der Waals surface area contributed by atoms with Crippen molar-refractivity contribution in [3.05, 3.63) is 66.0 Å². The Balaban J connectivity index is 1.86.